The van der Waals surface area contributed by atoms with E-state index in [1.807, 2.05) is 31.3 Å². The third kappa shape index (κ3) is 5.01. The first-order valence-corrected chi connectivity index (χ1v) is 7.41. The highest BCUT2D eigenvalue weighted by Gasteiger charge is 2.18. The first kappa shape index (κ1) is 14.6. The molecule has 1 heterocycles. The summed E-state index contributed by atoms with van der Waals surface area (Å²) in [5.74, 6) is 1.64. The molecule has 1 aromatic rings. The average Bonchev–Trinajstić information content (AvgIpc) is 2.40. The summed E-state index contributed by atoms with van der Waals surface area (Å²) in [6.07, 6.45) is 2.63. The van der Waals surface area contributed by atoms with Crippen molar-refractivity contribution in [3.05, 3.63) is 29.3 Å². The Bertz CT molecular complexity index is 384. The van der Waals surface area contributed by atoms with E-state index in [1.165, 1.54) is 25.9 Å². The van der Waals surface area contributed by atoms with Crippen molar-refractivity contribution in [1.29, 1.82) is 0 Å². The summed E-state index contributed by atoms with van der Waals surface area (Å²) in [6, 6.07) is 7.59. The molecule has 1 aromatic carbocycles. The molecule has 1 atom stereocenters. The van der Waals surface area contributed by atoms with E-state index in [0.717, 1.165) is 36.4 Å². The molecule has 0 aromatic heterocycles. The lowest BCUT2D eigenvalue weighted by molar-refractivity contribution is 0.146. The minimum atomic E-state index is 0.726. The van der Waals surface area contributed by atoms with Crippen LogP contribution in [0.4, 0.5) is 0 Å². The Labute approximate surface area is 120 Å². The highest BCUT2D eigenvalue weighted by Crippen LogP contribution is 2.18. The molecule has 106 valence electrons. The molecule has 0 amide bonds. The predicted molar refractivity (Wildman–Crippen MR) is 80.0 cm³/mol. The number of hydrogen-bond acceptors (Lipinski definition) is 3. The molecule has 1 aliphatic heterocycles. The van der Waals surface area contributed by atoms with Crippen LogP contribution in [0.3, 0.4) is 0 Å². The molecule has 0 radical (unpaired) electrons. The number of likely N-dealkylation sites (tertiary alicyclic amines) is 1. The molecule has 0 bridgehead atoms. The molecular weight excluding hydrogens is 260 g/mol. The fraction of sp³-hybridized carbons (Fsp3) is 0.600. The van der Waals surface area contributed by atoms with Crippen LogP contribution in [0.2, 0.25) is 5.02 Å². The lowest BCUT2D eigenvalue weighted by Gasteiger charge is -2.32. The van der Waals surface area contributed by atoms with Gasteiger partial charge < -0.3 is 10.1 Å². The molecule has 3 nitrogen and oxygen atoms in total. The maximum Gasteiger partial charge on any atom is 0.120 e. The Balaban J connectivity index is 1.70. The SMILES string of the molecule is CNCC1CCCN(CCOc2cccc(Cl)c2)C1. The third-order valence-electron chi connectivity index (χ3n) is 3.57. The number of benzene rings is 1. The highest BCUT2D eigenvalue weighted by atomic mass is 35.5. The Kier molecular flexibility index (Phi) is 5.95. The second-order valence-corrected chi connectivity index (χ2v) is 5.61. The first-order chi connectivity index (χ1) is 9.28. The van der Waals surface area contributed by atoms with Gasteiger partial charge in [0.2, 0.25) is 0 Å². The van der Waals surface area contributed by atoms with E-state index in [2.05, 4.69) is 10.2 Å². The van der Waals surface area contributed by atoms with Crippen LogP contribution in [0.25, 0.3) is 0 Å². The molecule has 1 saturated heterocycles. The van der Waals surface area contributed by atoms with Gasteiger partial charge in [0, 0.05) is 18.1 Å². The topological polar surface area (TPSA) is 24.5 Å². The maximum atomic E-state index is 5.93. The van der Waals surface area contributed by atoms with Gasteiger partial charge in [0.05, 0.1) is 0 Å². The van der Waals surface area contributed by atoms with Gasteiger partial charge in [-0.15, -0.1) is 0 Å². The van der Waals surface area contributed by atoms with E-state index in [4.69, 9.17) is 16.3 Å². The number of halogens is 1. The zero-order chi connectivity index (χ0) is 13.5. The third-order valence-corrected chi connectivity index (χ3v) is 3.80. The van der Waals surface area contributed by atoms with Gasteiger partial charge in [-0.05, 0) is 57.1 Å². The first-order valence-electron chi connectivity index (χ1n) is 7.03. The van der Waals surface area contributed by atoms with Crippen molar-refractivity contribution in [2.45, 2.75) is 12.8 Å². The molecule has 2 rings (SSSR count). The molecule has 4 heteroatoms. The smallest absolute Gasteiger partial charge is 0.120 e. The summed E-state index contributed by atoms with van der Waals surface area (Å²) in [7, 11) is 2.03. The molecular formula is C15H23ClN2O. The van der Waals surface area contributed by atoms with Crippen molar-refractivity contribution in [3.8, 4) is 5.75 Å². The minimum absolute atomic E-state index is 0.726. The van der Waals surface area contributed by atoms with Crippen LogP contribution in [0.1, 0.15) is 12.8 Å². The van der Waals surface area contributed by atoms with Gasteiger partial charge in [-0.1, -0.05) is 17.7 Å². The molecule has 0 spiro atoms. The van der Waals surface area contributed by atoms with Gasteiger partial charge >= 0.3 is 0 Å². The van der Waals surface area contributed by atoms with Gasteiger partial charge in [-0.2, -0.15) is 0 Å². The van der Waals surface area contributed by atoms with Crippen LogP contribution in [-0.4, -0.2) is 44.7 Å². The Morgan fingerprint density at radius 3 is 3.16 bits per heavy atom. The van der Waals surface area contributed by atoms with E-state index >= 15 is 0 Å². The molecule has 0 saturated carbocycles. The second-order valence-electron chi connectivity index (χ2n) is 5.17. The predicted octanol–water partition coefficient (Wildman–Crippen LogP) is 2.65. The van der Waals surface area contributed by atoms with Gasteiger partial charge in [0.15, 0.2) is 0 Å². The highest BCUT2D eigenvalue weighted by molar-refractivity contribution is 6.30. The maximum absolute atomic E-state index is 5.93. The molecule has 1 fully saturated rings. The number of piperidine rings is 1. The minimum Gasteiger partial charge on any atom is -0.492 e. The number of rotatable bonds is 6. The molecule has 0 aliphatic carbocycles. The Hall–Kier alpha value is -0.770. The quantitative estimate of drug-likeness (QED) is 0.868. The lowest BCUT2D eigenvalue weighted by Crippen LogP contribution is -2.40. The summed E-state index contributed by atoms with van der Waals surface area (Å²) in [5, 5.41) is 4.00. The van der Waals surface area contributed by atoms with Crippen molar-refractivity contribution in [3.63, 3.8) is 0 Å². The number of ether oxygens (including phenoxy) is 1. The van der Waals surface area contributed by atoms with Crippen LogP contribution in [0, 0.1) is 5.92 Å². The zero-order valence-corrected chi connectivity index (χ0v) is 12.3. The molecule has 1 unspecified atom stereocenters. The van der Waals surface area contributed by atoms with Gasteiger partial charge in [-0.25, -0.2) is 0 Å². The summed E-state index contributed by atoms with van der Waals surface area (Å²) in [6.45, 7) is 5.21. The van der Waals surface area contributed by atoms with Crippen LogP contribution < -0.4 is 10.1 Å². The van der Waals surface area contributed by atoms with E-state index < -0.39 is 0 Å². The fourth-order valence-corrected chi connectivity index (χ4v) is 2.84. The largest absolute Gasteiger partial charge is 0.492 e. The van der Waals surface area contributed by atoms with Crippen LogP contribution in [-0.2, 0) is 0 Å². The molecule has 1 N–H and O–H groups in total. The molecule has 19 heavy (non-hydrogen) atoms. The summed E-state index contributed by atoms with van der Waals surface area (Å²) >= 11 is 5.93. The van der Waals surface area contributed by atoms with Gasteiger partial charge in [0.25, 0.3) is 0 Å². The normalized spacial score (nSPS) is 20.4. The van der Waals surface area contributed by atoms with Crippen molar-refractivity contribution < 1.29 is 4.74 Å². The Morgan fingerprint density at radius 2 is 2.37 bits per heavy atom. The van der Waals surface area contributed by atoms with E-state index in [0.29, 0.717) is 0 Å². The van der Waals surface area contributed by atoms with Crippen LogP contribution in [0.5, 0.6) is 5.75 Å². The lowest BCUT2D eigenvalue weighted by atomic mass is 9.98. The van der Waals surface area contributed by atoms with Gasteiger partial charge in [0.1, 0.15) is 12.4 Å². The van der Waals surface area contributed by atoms with Crippen LogP contribution >= 0.6 is 11.6 Å². The van der Waals surface area contributed by atoms with Crippen molar-refractivity contribution >= 4 is 11.6 Å². The number of nitrogens with one attached hydrogen (secondary N) is 1. The second kappa shape index (κ2) is 7.73. The van der Waals surface area contributed by atoms with E-state index in [1.54, 1.807) is 0 Å². The monoisotopic (exact) mass is 282 g/mol. The summed E-state index contributed by atoms with van der Waals surface area (Å²) in [4.78, 5) is 2.50. The molecule has 1 aliphatic rings. The van der Waals surface area contributed by atoms with Gasteiger partial charge in [-0.3, -0.25) is 4.90 Å². The zero-order valence-electron chi connectivity index (χ0n) is 11.6. The van der Waals surface area contributed by atoms with E-state index in [9.17, 15) is 0 Å². The van der Waals surface area contributed by atoms with E-state index in [-0.39, 0.29) is 0 Å². The van der Waals surface area contributed by atoms with Crippen molar-refractivity contribution in [2.24, 2.45) is 5.92 Å². The Morgan fingerprint density at radius 1 is 1.47 bits per heavy atom. The average molecular weight is 283 g/mol. The van der Waals surface area contributed by atoms with Crippen LogP contribution in [0.15, 0.2) is 24.3 Å². The van der Waals surface area contributed by atoms with Crippen molar-refractivity contribution in [1.82, 2.24) is 10.2 Å². The summed E-state index contributed by atoms with van der Waals surface area (Å²) in [5.41, 5.74) is 0. The van der Waals surface area contributed by atoms with Crippen molar-refractivity contribution in [2.75, 3.05) is 39.8 Å². The summed E-state index contributed by atoms with van der Waals surface area (Å²) < 4.78 is 5.74. The number of nitrogens with zero attached hydrogens (tertiary/aromatic N) is 1. The fourth-order valence-electron chi connectivity index (χ4n) is 2.66. The number of hydrogen-bond donors (Lipinski definition) is 1. The standard InChI is InChI=1S/C15H23ClN2O/c1-17-11-13-4-3-7-18(12-13)8-9-19-15-6-2-5-14(16)10-15/h2,5-6,10,13,17H,3-4,7-9,11-12H2,1H3.